The number of carbonyl (C=O) groups excluding carboxylic acids is 2. The third kappa shape index (κ3) is 6.87. The van der Waals surface area contributed by atoms with Gasteiger partial charge in [-0.25, -0.2) is 0 Å². The number of amides is 1. The van der Waals surface area contributed by atoms with Crippen molar-refractivity contribution in [3.63, 3.8) is 0 Å². The smallest absolute Gasteiger partial charge is 0.243 e. The first kappa shape index (κ1) is 25.3. The summed E-state index contributed by atoms with van der Waals surface area (Å²) in [5.74, 6) is 0.524. The molecule has 2 aromatic heterocycles. The minimum atomic E-state index is -0.472. The molecule has 2 heterocycles. The standard InChI is InChI=1S/C23H35N7O2S2/c24-20(14-7-1-2-8-14)16(31)13-19-29-27-17(33-19)11-5-6-12-18-28-30-23(34-18)26-22(32)21(25)15-9-3-4-10-15/h14-15,20-21H,1-13,24-25H2,(H,26,30,32). The molecule has 11 heteroatoms. The molecule has 0 spiro atoms. The summed E-state index contributed by atoms with van der Waals surface area (Å²) in [4.78, 5) is 24.8. The number of rotatable bonds is 12. The van der Waals surface area contributed by atoms with E-state index in [1.807, 2.05) is 0 Å². The molecule has 2 atom stereocenters. The van der Waals surface area contributed by atoms with Crippen LogP contribution in [-0.2, 0) is 28.9 Å². The first-order valence-corrected chi connectivity index (χ1v) is 14.1. The summed E-state index contributed by atoms with van der Waals surface area (Å²) in [7, 11) is 0. The average molecular weight is 506 g/mol. The first-order chi connectivity index (χ1) is 16.5. The summed E-state index contributed by atoms with van der Waals surface area (Å²) in [6.07, 6.45) is 12.6. The zero-order valence-corrected chi connectivity index (χ0v) is 21.2. The highest BCUT2D eigenvalue weighted by molar-refractivity contribution is 7.15. The first-order valence-electron chi connectivity index (χ1n) is 12.5. The van der Waals surface area contributed by atoms with Crippen molar-refractivity contribution in [2.24, 2.45) is 23.3 Å². The number of hydrogen-bond donors (Lipinski definition) is 3. The molecule has 2 saturated carbocycles. The number of aryl methyl sites for hydroxylation is 2. The van der Waals surface area contributed by atoms with Gasteiger partial charge in [0.15, 0.2) is 5.78 Å². The van der Waals surface area contributed by atoms with Crippen LogP contribution in [0.15, 0.2) is 0 Å². The second kappa shape index (κ2) is 12.2. The van der Waals surface area contributed by atoms with Crippen LogP contribution in [0.25, 0.3) is 0 Å². The molecular weight excluding hydrogens is 470 g/mol. The normalized spacial score (nSPS) is 18.9. The third-order valence-corrected chi connectivity index (χ3v) is 8.93. The van der Waals surface area contributed by atoms with Crippen molar-refractivity contribution >= 4 is 39.5 Å². The molecule has 0 bridgehead atoms. The van der Waals surface area contributed by atoms with Crippen molar-refractivity contribution in [1.29, 1.82) is 0 Å². The molecule has 1 amide bonds. The van der Waals surface area contributed by atoms with Gasteiger partial charge in [0.25, 0.3) is 0 Å². The fraction of sp³-hybridized carbons (Fsp3) is 0.739. The summed E-state index contributed by atoms with van der Waals surface area (Å²) >= 11 is 2.91. The molecule has 9 nitrogen and oxygen atoms in total. The Morgan fingerprint density at radius 1 is 0.794 bits per heavy atom. The largest absolute Gasteiger partial charge is 0.321 e. The molecule has 0 aromatic carbocycles. The van der Waals surface area contributed by atoms with Crippen molar-refractivity contribution < 1.29 is 9.59 Å². The van der Waals surface area contributed by atoms with E-state index in [9.17, 15) is 9.59 Å². The molecule has 2 aliphatic carbocycles. The van der Waals surface area contributed by atoms with E-state index in [0.717, 1.165) is 79.2 Å². The van der Waals surface area contributed by atoms with E-state index < -0.39 is 6.04 Å². The van der Waals surface area contributed by atoms with Crippen LogP contribution in [0, 0.1) is 11.8 Å². The van der Waals surface area contributed by atoms with Gasteiger partial charge < -0.3 is 11.5 Å². The molecule has 4 rings (SSSR count). The highest BCUT2D eigenvalue weighted by Gasteiger charge is 2.29. The van der Waals surface area contributed by atoms with Crippen LogP contribution >= 0.6 is 22.7 Å². The van der Waals surface area contributed by atoms with Crippen molar-refractivity contribution in [3.05, 3.63) is 15.0 Å². The van der Waals surface area contributed by atoms with E-state index in [4.69, 9.17) is 11.5 Å². The maximum absolute atomic E-state index is 12.5. The van der Waals surface area contributed by atoms with Crippen LogP contribution in [0.5, 0.6) is 0 Å². The number of nitrogens with one attached hydrogen (secondary N) is 1. The summed E-state index contributed by atoms with van der Waals surface area (Å²) in [5.41, 5.74) is 12.3. The van der Waals surface area contributed by atoms with Gasteiger partial charge in [-0.05, 0) is 50.4 Å². The van der Waals surface area contributed by atoms with E-state index >= 15 is 0 Å². The Balaban J connectivity index is 1.15. The lowest BCUT2D eigenvalue weighted by molar-refractivity contribution is -0.121. The number of ketones is 1. The van der Waals surface area contributed by atoms with E-state index in [1.54, 1.807) is 0 Å². The molecule has 2 unspecified atom stereocenters. The number of Topliss-reactive ketones (excluding diaryl/α,β-unsaturated/α-hetero) is 1. The molecule has 2 aliphatic rings. The van der Waals surface area contributed by atoms with Gasteiger partial charge in [0.05, 0.1) is 18.5 Å². The second-order valence-corrected chi connectivity index (χ2v) is 11.8. The number of carbonyl (C=O) groups is 2. The van der Waals surface area contributed by atoms with Crippen molar-refractivity contribution in [2.45, 2.75) is 95.6 Å². The number of unbranched alkanes of at least 4 members (excludes halogenated alkanes) is 1. The van der Waals surface area contributed by atoms with E-state index in [1.165, 1.54) is 35.5 Å². The Morgan fingerprint density at radius 2 is 1.32 bits per heavy atom. The maximum Gasteiger partial charge on any atom is 0.243 e. The molecule has 0 radical (unpaired) electrons. The number of aromatic nitrogens is 4. The van der Waals surface area contributed by atoms with E-state index in [-0.39, 0.29) is 23.7 Å². The second-order valence-electron chi connectivity index (χ2n) is 9.57. The van der Waals surface area contributed by atoms with Crippen LogP contribution in [0.3, 0.4) is 0 Å². The molecule has 2 aromatic rings. The number of hydrogen-bond acceptors (Lipinski definition) is 10. The predicted octanol–water partition coefficient (Wildman–Crippen LogP) is 3.04. The highest BCUT2D eigenvalue weighted by atomic mass is 32.1. The Morgan fingerprint density at radius 3 is 1.97 bits per heavy atom. The lowest BCUT2D eigenvalue weighted by atomic mass is 9.94. The van der Waals surface area contributed by atoms with E-state index in [0.29, 0.717) is 17.5 Å². The topological polar surface area (TPSA) is 150 Å². The Bertz CT molecular complexity index is 875. The monoisotopic (exact) mass is 505 g/mol. The minimum absolute atomic E-state index is 0.0814. The lowest BCUT2D eigenvalue weighted by Crippen LogP contribution is -2.40. The number of nitrogens with zero attached hydrogens (tertiary/aromatic N) is 4. The average Bonchev–Trinajstić information content (AvgIpc) is 3.63. The van der Waals surface area contributed by atoms with Crippen LogP contribution in [0.4, 0.5) is 5.13 Å². The van der Waals surface area contributed by atoms with Crippen LogP contribution < -0.4 is 16.8 Å². The quantitative estimate of drug-likeness (QED) is 0.373. The van der Waals surface area contributed by atoms with Crippen molar-refractivity contribution in [1.82, 2.24) is 20.4 Å². The van der Waals surface area contributed by atoms with Crippen molar-refractivity contribution in [2.75, 3.05) is 5.32 Å². The fourth-order valence-electron chi connectivity index (χ4n) is 4.98. The Labute approximate surface area is 208 Å². The van der Waals surface area contributed by atoms with Gasteiger partial charge in [0.1, 0.15) is 15.0 Å². The lowest BCUT2D eigenvalue weighted by Gasteiger charge is -2.16. The minimum Gasteiger partial charge on any atom is -0.321 e. The molecule has 186 valence electrons. The third-order valence-electron chi connectivity index (χ3n) is 7.05. The van der Waals surface area contributed by atoms with Gasteiger partial charge in [-0.2, -0.15) is 0 Å². The van der Waals surface area contributed by atoms with Gasteiger partial charge in [-0.1, -0.05) is 37.0 Å². The van der Waals surface area contributed by atoms with E-state index in [2.05, 4.69) is 25.7 Å². The van der Waals surface area contributed by atoms with Crippen molar-refractivity contribution in [3.8, 4) is 0 Å². The summed E-state index contributed by atoms with van der Waals surface area (Å²) in [6.45, 7) is 0. The summed E-state index contributed by atoms with van der Waals surface area (Å²) in [5, 5.41) is 22.7. The van der Waals surface area contributed by atoms with Gasteiger partial charge in [-0.3, -0.25) is 14.9 Å². The van der Waals surface area contributed by atoms with Crippen LogP contribution in [-0.4, -0.2) is 44.2 Å². The molecule has 5 N–H and O–H groups in total. The van der Waals surface area contributed by atoms with Gasteiger partial charge in [0.2, 0.25) is 11.0 Å². The fourth-order valence-corrected chi connectivity index (χ4v) is 6.66. The Hall–Kier alpha value is -1.82. The van der Waals surface area contributed by atoms with Gasteiger partial charge in [0, 0.05) is 12.8 Å². The number of anilines is 1. The predicted molar refractivity (Wildman–Crippen MR) is 134 cm³/mol. The molecular formula is C23H35N7O2S2. The molecule has 0 aliphatic heterocycles. The van der Waals surface area contributed by atoms with Gasteiger partial charge in [-0.15, -0.1) is 31.7 Å². The zero-order valence-electron chi connectivity index (χ0n) is 19.6. The summed E-state index contributed by atoms with van der Waals surface area (Å²) in [6, 6.07) is -0.838. The highest BCUT2D eigenvalue weighted by Crippen LogP contribution is 2.29. The van der Waals surface area contributed by atoms with Crippen LogP contribution in [0.1, 0.15) is 79.2 Å². The zero-order chi connectivity index (χ0) is 23.9. The summed E-state index contributed by atoms with van der Waals surface area (Å²) < 4.78 is 0. The SMILES string of the molecule is NC(C(=O)Cc1nnc(CCCCc2nnc(NC(=O)C(N)C3CCCC3)s2)s1)C1CCCC1. The number of nitrogens with two attached hydrogens (primary N) is 2. The van der Waals surface area contributed by atoms with Gasteiger partial charge >= 0.3 is 0 Å². The van der Waals surface area contributed by atoms with Crippen LogP contribution in [0.2, 0.25) is 0 Å². The molecule has 34 heavy (non-hydrogen) atoms. The molecule has 0 saturated heterocycles. The Kier molecular flexibility index (Phi) is 9.10. The maximum atomic E-state index is 12.5. The molecule has 2 fully saturated rings.